The maximum Gasteiger partial charge on any atom is 0.0844 e. The van der Waals surface area contributed by atoms with E-state index in [1.54, 1.807) is 7.11 Å². The summed E-state index contributed by atoms with van der Waals surface area (Å²) >= 11 is 0. The molecule has 0 radical (unpaired) electrons. The molecule has 0 N–H and O–H groups in total. The Labute approximate surface area is 63.2 Å². The van der Waals surface area contributed by atoms with Gasteiger partial charge in [-0.2, -0.15) is 0 Å². The third-order valence-corrected chi connectivity index (χ3v) is 0.694. The van der Waals surface area contributed by atoms with Gasteiger partial charge in [0.25, 0.3) is 0 Å². The average molecular weight is 150 g/mol. The van der Waals surface area contributed by atoms with Crippen molar-refractivity contribution in [1.29, 1.82) is 0 Å². The van der Waals surface area contributed by atoms with Crippen molar-refractivity contribution >= 4 is 0 Å². The summed E-state index contributed by atoms with van der Waals surface area (Å²) in [5.41, 5.74) is 0. The van der Waals surface area contributed by atoms with Crippen LogP contribution in [0, 0.1) is 0 Å². The molecule has 0 atom stereocenters. The van der Waals surface area contributed by atoms with Crippen molar-refractivity contribution in [1.82, 2.24) is 0 Å². The summed E-state index contributed by atoms with van der Waals surface area (Å²) in [6.45, 7) is 5.33. The summed E-state index contributed by atoms with van der Waals surface area (Å²) in [7, 11) is 3.15. The molecule has 0 unspecified atom stereocenters. The van der Waals surface area contributed by atoms with Gasteiger partial charge in [-0.3, -0.25) is 0 Å². The molecule has 0 aliphatic carbocycles. The van der Waals surface area contributed by atoms with Crippen molar-refractivity contribution in [2.24, 2.45) is 0 Å². The third kappa shape index (κ3) is 15.7. The van der Waals surface area contributed by atoms with Crippen molar-refractivity contribution in [3.05, 3.63) is 0 Å². The van der Waals surface area contributed by atoms with Crippen LogP contribution in [0.3, 0.4) is 0 Å². The molecule has 3 nitrogen and oxygen atoms in total. The standard InChI is InChI=1S/C5H12O3.C2H6/c1-6-4-3-5-8-7-2;1-2/h3-5H2,1-2H3;1-2H3. The minimum absolute atomic E-state index is 0.602. The molecule has 3 heteroatoms. The first kappa shape index (κ1) is 12.5. The lowest BCUT2D eigenvalue weighted by molar-refractivity contribution is -0.273. The summed E-state index contributed by atoms with van der Waals surface area (Å²) in [5, 5.41) is 0. The lowest BCUT2D eigenvalue weighted by Gasteiger charge is -1.96. The topological polar surface area (TPSA) is 27.7 Å². The van der Waals surface area contributed by atoms with Gasteiger partial charge >= 0.3 is 0 Å². The van der Waals surface area contributed by atoms with E-state index in [1.807, 2.05) is 13.8 Å². The molecule has 0 aromatic carbocycles. The summed E-state index contributed by atoms with van der Waals surface area (Å²) in [5.74, 6) is 0. The van der Waals surface area contributed by atoms with Gasteiger partial charge in [-0.05, 0) is 6.42 Å². The van der Waals surface area contributed by atoms with Crippen LogP contribution in [0.5, 0.6) is 0 Å². The second kappa shape index (κ2) is 15.9. The summed E-state index contributed by atoms with van der Waals surface area (Å²) in [6.07, 6.45) is 0.879. The number of ether oxygens (including phenoxy) is 1. The Morgan fingerprint density at radius 3 is 2.00 bits per heavy atom. The SMILES string of the molecule is CC.COCCCOOC. The fourth-order valence-electron chi connectivity index (χ4n) is 0.346. The molecule has 64 valence electrons. The number of hydrogen-bond acceptors (Lipinski definition) is 3. The molecule has 0 spiro atoms. The van der Waals surface area contributed by atoms with E-state index in [0.717, 1.165) is 13.0 Å². The summed E-state index contributed by atoms with van der Waals surface area (Å²) in [6, 6.07) is 0. The smallest absolute Gasteiger partial charge is 0.0844 e. The zero-order valence-corrected chi connectivity index (χ0v) is 7.35. The van der Waals surface area contributed by atoms with Crippen LogP contribution in [0.25, 0.3) is 0 Å². The van der Waals surface area contributed by atoms with Gasteiger partial charge in [-0.1, -0.05) is 13.8 Å². The average Bonchev–Trinajstić information content (AvgIpc) is 2.02. The molecule has 0 rings (SSSR count). The van der Waals surface area contributed by atoms with E-state index >= 15 is 0 Å². The molecule has 0 amide bonds. The van der Waals surface area contributed by atoms with Crippen LogP contribution in [-0.2, 0) is 14.5 Å². The Morgan fingerprint density at radius 1 is 1.00 bits per heavy atom. The molecular weight excluding hydrogens is 132 g/mol. The van der Waals surface area contributed by atoms with E-state index in [1.165, 1.54) is 7.11 Å². The van der Waals surface area contributed by atoms with Crippen LogP contribution < -0.4 is 0 Å². The highest BCUT2D eigenvalue weighted by Gasteiger charge is 1.83. The predicted octanol–water partition coefficient (Wildman–Crippen LogP) is 1.63. The van der Waals surface area contributed by atoms with E-state index in [4.69, 9.17) is 4.74 Å². The van der Waals surface area contributed by atoms with Crippen LogP contribution in [0.2, 0.25) is 0 Å². The highest BCUT2D eigenvalue weighted by Crippen LogP contribution is 1.81. The zero-order valence-electron chi connectivity index (χ0n) is 7.35. The minimum atomic E-state index is 0.602. The molecule has 0 fully saturated rings. The third-order valence-electron chi connectivity index (χ3n) is 0.694. The highest BCUT2D eigenvalue weighted by molar-refractivity contribution is 4.27. The Hall–Kier alpha value is -0.120. The van der Waals surface area contributed by atoms with Crippen LogP contribution in [0.1, 0.15) is 20.3 Å². The van der Waals surface area contributed by atoms with Gasteiger partial charge in [0.15, 0.2) is 0 Å². The summed E-state index contributed by atoms with van der Waals surface area (Å²) in [4.78, 5) is 8.89. The molecule has 0 bridgehead atoms. The first-order valence-electron chi connectivity index (χ1n) is 3.56. The number of methoxy groups -OCH3 is 1. The van der Waals surface area contributed by atoms with Gasteiger partial charge in [0.1, 0.15) is 0 Å². The van der Waals surface area contributed by atoms with Gasteiger partial charge in [-0.25, -0.2) is 9.78 Å². The molecule has 0 saturated carbocycles. The zero-order chi connectivity index (χ0) is 8.24. The molecule has 0 aromatic heterocycles. The Bertz CT molecular complexity index is 33.8. The maximum atomic E-state index is 4.75. The first-order chi connectivity index (χ1) is 4.91. The van der Waals surface area contributed by atoms with Crippen LogP contribution >= 0.6 is 0 Å². The van der Waals surface area contributed by atoms with Crippen molar-refractivity contribution in [2.45, 2.75) is 20.3 Å². The lowest BCUT2D eigenvalue weighted by atomic mass is 10.5. The number of rotatable bonds is 5. The molecule has 0 aliphatic rings. The van der Waals surface area contributed by atoms with Crippen LogP contribution in [-0.4, -0.2) is 27.4 Å². The van der Waals surface area contributed by atoms with E-state index in [9.17, 15) is 0 Å². The fraction of sp³-hybridized carbons (Fsp3) is 1.00. The van der Waals surface area contributed by atoms with E-state index < -0.39 is 0 Å². The quantitative estimate of drug-likeness (QED) is 0.338. The molecule has 0 aliphatic heterocycles. The van der Waals surface area contributed by atoms with Crippen molar-refractivity contribution < 1.29 is 14.5 Å². The normalized spacial score (nSPS) is 8.40. The van der Waals surface area contributed by atoms with E-state index in [0.29, 0.717) is 6.61 Å². The van der Waals surface area contributed by atoms with Crippen molar-refractivity contribution in [3.63, 3.8) is 0 Å². The van der Waals surface area contributed by atoms with Crippen LogP contribution in [0.4, 0.5) is 0 Å². The Morgan fingerprint density at radius 2 is 1.60 bits per heavy atom. The van der Waals surface area contributed by atoms with Gasteiger partial charge in [0, 0.05) is 13.7 Å². The van der Waals surface area contributed by atoms with E-state index in [-0.39, 0.29) is 0 Å². The second-order valence-corrected chi connectivity index (χ2v) is 1.33. The Kier molecular flexibility index (Phi) is 20.0. The predicted molar refractivity (Wildman–Crippen MR) is 40.8 cm³/mol. The second-order valence-electron chi connectivity index (χ2n) is 1.33. The molecule has 0 heterocycles. The van der Waals surface area contributed by atoms with Crippen LogP contribution in [0.15, 0.2) is 0 Å². The highest BCUT2D eigenvalue weighted by atomic mass is 17.2. The molecule has 10 heavy (non-hydrogen) atoms. The Balaban J connectivity index is 0. The maximum absolute atomic E-state index is 4.75. The monoisotopic (exact) mass is 150 g/mol. The lowest BCUT2D eigenvalue weighted by Crippen LogP contribution is -1.97. The molecule has 0 aromatic rings. The van der Waals surface area contributed by atoms with E-state index in [2.05, 4.69) is 9.78 Å². The van der Waals surface area contributed by atoms with Crippen molar-refractivity contribution in [2.75, 3.05) is 27.4 Å². The largest absolute Gasteiger partial charge is 0.385 e. The number of hydrogen-bond donors (Lipinski definition) is 0. The van der Waals surface area contributed by atoms with Gasteiger partial charge in [0.05, 0.1) is 13.7 Å². The molecular formula is C7H18O3. The van der Waals surface area contributed by atoms with Gasteiger partial charge in [0.2, 0.25) is 0 Å². The van der Waals surface area contributed by atoms with Gasteiger partial charge in [-0.15, -0.1) is 0 Å². The fourth-order valence-corrected chi connectivity index (χ4v) is 0.346. The van der Waals surface area contributed by atoms with Crippen molar-refractivity contribution in [3.8, 4) is 0 Å². The van der Waals surface area contributed by atoms with Gasteiger partial charge < -0.3 is 4.74 Å². The molecule has 0 saturated heterocycles. The first-order valence-corrected chi connectivity index (χ1v) is 3.56. The minimum Gasteiger partial charge on any atom is -0.385 e. The summed E-state index contributed by atoms with van der Waals surface area (Å²) < 4.78 is 4.75.